The van der Waals surface area contributed by atoms with Crippen LogP contribution in [0.5, 0.6) is 0 Å². The lowest BCUT2D eigenvalue weighted by Crippen LogP contribution is -2.21. The molecule has 8 nitrogen and oxygen atoms in total. The van der Waals surface area contributed by atoms with E-state index in [9.17, 15) is 0 Å². The number of aromatic nitrogens is 5. The van der Waals surface area contributed by atoms with Gasteiger partial charge in [-0.1, -0.05) is 44.2 Å². The van der Waals surface area contributed by atoms with Gasteiger partial charge in [0.05, 0.1) is 11.4 Å². The van der Waals surface area contributed by atoms with Gasteiger partial charge in [-0.05, 0) is 37.7 Å². The Labute approximate surface area is 188 Å². The van der Waals surface area contributed by atoms with E-state index in [0.717, 1.165) is 52.5 Å². The van der Waals surface area contributed by atoms with Gasteiger partial charge < -0.3 is 15.5 Å². The lowest BCUT2D eigenvalue weighted by Gasteiger charge is -2.12. The first kappa shape index (κ1) is 21.7. The molecule has 0 aliphatic heterocycles. The Kier molecular flexibility index (Phi) is 6.61. The van der Waals surface area contributed by atoms with Crippen molar-refractivity contribution in [3.63, 3.8) is 0 Å². The maximum absolute atomic E-state index is 4.73. The lowest BCUT2D eigenvalue weighted by atomic mass is 10.1. The van der Waals surface area contributed by atoms with Crippen molar-refractivity contribution in [3.05, 3.63) is 59.9 Å². The Bertz CT molecular complexity index is 1150. The monoisotopic (exact) mass is 430 g/mol. The number of nitrogens with zero attached hydrogens (tertiary/aromatic N) is 5. The van der Waals surface area contributed by atoms with Gasteiger partial charge >= 0.3 is 0 Å². The summed E-state index contributed by atoms with van der Waals surface area (Å²) in [5.74, 6) is 1.62. The quantitative estimate of drug-likeness (QED) is 0.368. The van der Waals surface area contributed by atoms with E-state index in [4.69, 9.17) is 9.97 Å². The molecule has 0 spiro atoms. The smallest absolute Gasteiger partial charge is 0.225 e. The van der Waals surface area contributed by atoms with Gasteiger partial charge in [0.15, 0.2) is 11.3 Å². The van der Waals surface area contributed by atoms with Crippen LogP contribution in [0.25, 0.3) is 22.3 Å². The highest BCUT2D eigenvalue weighted by Gasteiger charge is 2.16. The summed E-state index contributed by atoms with van der Waals surface area (Å²) < 4.78 is 0. The molecule has 0 aliphatic carbocycles. The van der Waals surface area contributed by atoms with Crippen LogP contribution in [-0.4, -0.2) is 57.2 Å². The van der Waals surface area contributed by atoms with Gasteiger partial charge in [0, 0.05) is 31.4 Å². The van der Waals surface area contributed by atoms with E-state index >= 15 is 0 Å². The van der Waals surface area contributed by atoms with E-state index < -0.39 is 0 Å². The number of benzene rings is 1. The van der Waals surface area contributed by atoms with E-state index in [2.05, 4.69) is 68.8 Å². The fourth-order valence-corrected chi connectivity index (χ4v) is 3.43. The number of aromatic amines is 1. The molecule has 166 valence electrons. The fraction of sp³-hybridized carbons (Fsp3) is 0.333. The molecule has 0 amide bonds. The first-order valence-electron chi connectivity index (χ1n) is 10.9. The number of hydrogen-bond donors (Lipinski definition) is 3. The topological polar surface area (TPSA) is 94.7 Å². The normalized spacial score (nSPS) is 11.4. The zero-order chi connectivity index (χ0) is 22.5. The summed E-state index contributed by atoms with van der Waals surface area (Å²) in [5, 5.41) is 14.4. The van der Waals surface area contributed by atoms with Crippen LogP contribution in [-0.2, 0) is 6.54 Å². The number of nitrogens with one attached hydrogen (secondary N) is 3. The van der Waals surface area contributed by atoms with Crippen LogP contribution in [0, 0.1) is 0 Å². The zero-order valence-electron chi connectivity index (χ0n) is 19.1. The van der Waals surface area contributed by atoms with Gasteiger partial charge in [0.25, 0.3) is 0 Å². The molecule has 0 saturated heterocycles. The molecular weight excluding hydrogens is 400 g/mol. The number of pyridine rings is 1. The Morgan fingerprint density at radius 2 is 1.78 bits per heavy atom. The average Bonchev–Trinajstić information content (AvgIpc) is 3.23. The minimum atomic E-state index is 0.288. The highest BCUT2D eigenvalue weighted by Crippen LogP contribution is 2.27. The molecule has 4 rings (SSSR count). The molecule has 0 bridgehead atoms. The molecule has 3 aromatic heterocycles. The van der Waals surface area contributed by atoms with Gasteiger partial charge in [-0.2, -0.15) is 10.1 Å². The second-order valence-corrected chi connectivity index (χ2v) is 8.38. The van der Waals surface area contributed by atoms with Crippen molar-refractivity contribution in [2.75, 3.05) is 37.8 Å². The molecule has 32 heavy (non-hydrogen) atoms. The van der Waals surface area contributed by atoms with Gasteiger partial charge in [-0.15, -0.1) is 0 Å². The minimum Gasteiger partial charge on any atom is -0.364 e. The van der Waals surface area contributed by atoms with Crippen LogP contribution < -0.4 is 10.6 Å². The maximum atomic E-state index is 4.73. The number of fused-ring (bicyclic) bond motifs is 1. The van der Waals surface area contributed by atoms with Crippen molar-refractivity contribution in [1.82, 2.24) is 30.0 Å². The molecule has 4 aromatic rings. The number of rotatable bonds is 9. The third-order valence-electron chi connectivity index (χ3n) is 5.22. The molecule has 0 atom stereocenters. The zero-order valence-corrected chi connectivity index (χ0v) is 19.1. The second-order valence-electron chi connectivity index (χ2n) is 8.38. The molecule has 3 heterocycles. The maximum Gasteiger partial charge on any atom is 0.225 e. The average molecular weight is 431 g/mol. The minimum absolute atomic E-state index is 0.288. The largest absolute Gasteiger partial charge is 0.364 e. The van der Waals surface area contributed by atoms with E-state index in [1.165, 1.54) is 0 Å². The predicted molar refractivity (Wildman–Crippen MR) is 130 cm³/mol. The van der Waals surface area contributed by atoms with E-state index in [1.807, 2.05) is 38.5 Å². The third kappa shape index (κ3) is 5.03. The Hall–Kier alpha value is -3.52. The molecule has 1 aromatic carbocycles. The van der Waals surface area contributed by atoms with Crippen molar-refractivity contribution in [2.45, 2.75) is 26.3 Å². The molecule has 0 radical (unpaired) electrons. The first-order valence-corrected chi connectivity index (χ1v) is 10.9. The van der Waals surface area contributed by atoms with E-state index in [1.54, 1.807) is 0 Å². The van der Waals surface area contributed by atoms with Crippen LogP contribution in [0.3, 0.4) is 0 Å². The van der Waals surface area contributed by atoms with Crippen LogP contribution in [0.15, 0.2) is 48.7 Å². The molecule has 0 saturated carbocycles. The predicted octanol–water partition coefficient (Wildman–Crippen LogP) is 4.12. The standard InChI is InChI=1S/C24H30N8/c1-16(2)20-21-22(31-30-20)23(29-24(28-21)26-13-14-32(3)4)27-15-17-8-10-18(11-9-17)19-7-5-6-12-25-19/h5-12,16H,13-15H2,1-4H3,(H,30,31)(H2,26,27,28,29). The van der Waals surface area contributed by atoms with Crippen LogP contribution in [0.1, 0.15) is 31.0 Å². The highest BCUT2D eigenvalue weighted by molar-refractivity contribution is 5.88. The Balaban J connectivity index is 1.54. The summed E-state index contributed by atoms with van der Waals surface area (Å²) in [4.78, 5) is 16.0. The van der Waals surface area contributed by atoms with Gasteiger partial charge in [0.2, 0.25) is 5.95 Å². The van der Waals surface area contributed by atoms with Gasteiger partial charge in [0.1, 0.15) is 5.52 Å². The Morgan fingerprint density at radius 1 is 0.969 bits per heavy atom. The molecule has 0 fully saturated rings. The van der Waals surface area contributed by atoms with E-state index in [-0.39, 0.29) is 5.92 Å². The molecule has 0 aliphatic rings. The molecule has 8 heteroatoms. The summed E-state index contributed by atoms with van der Waals surface area (Å²) >= 11 is 0. The van der Waals surface area contributed by atoms with Crippen molar-refractivity contribution in [2.24, 2.45) is 0 Å². The van der Waals surface area contributed by atoms with Crippen molar-refractivity contribution >= 4 is 22.8 Å². The summed E-state index contributed by atoms with van der Waals surface area (Å²) in [6.45, 7) is 6.56. The van der Waals surface area contributed by atoms with Crippen LogP contribution in [0.4, 0.5) is 11.8 Å². The lowest BCUT2D eigenvalue weighted by molar-refractivity contribution is 0.425. The first-order chi connectivity index (χ1) is 15.5. The SMILES string of the molecule is CC(C)c1[nH]nc2c(NCc3ccc(-c4ccccn4)cc3)nc(NCCN(C)C)nc12. The van der Waals surface area contributed by atoms with Crippen molar-refractivity contribution in [1.29, 1.82) is 0 Å². The van der Waals surface area contributed by atoms with Gasteiger partial charge in [-0.3, -0.25) is 10.1 Å². The summed E-state index contributed by atoms with van der Waals surface area (Å²) in [5.41, 5.74) is 5.85. The summed E-state index contributed by atoms with van der Waals surface area (Å²) in [6.07, 6.45) is 1.81. The summed E-state index contributed by atoms with van der Waals surface area (Å²) in [6, 6.07) is 14.3. The van der Waals surface area contributed by atoms with Crippen LogP contribution >= 0.6 is 0 Å². The van der Waals surface area contributed by atoms with E-state index in [0.29, 0.717) is 12.5 Å². The third-order valence-corrected chi connectivity index (χ3v) is 5.22. The molecule has 0 unspecified atom stereocenters. The number of likely N-dealkylation sites (N-methyl/N-ethyl adjacent to an activating group) is 1. The fourth-order valence-electron chi connectivity index (χ4n) is 3.43. The van der Waals surface area contributed by atoms with Gasteiger partial charge in [-0.25, -0.2) is 4.98 Å². The number of anilines is 2. The molecule has 3 N–H and O–H groups in total. The Morgan fingerprint density at radius 3 is 2.47 bits per heavy atom. The molecular formula is C24H30N8. The van der Waals surface area contributed by atoms with Crippen LogP contribution in [0.2, 0.25) is 0 Å². The number of hydrogen-bond acceptors (Lipinski definition) is 7. The van der Waals surface area contributed by atoms with Crippen molar-refractivity contribution in [3.8, 4) is 11.3 Å². The summed E-state index contributed by atoms with van der Waals surface area (Å²) in [7, 11) is 4.09. The highest BCUT2D eigenvalue weighted by atomic mass is 15.2. The second kappa shape index (κ2) is 9.74. The number of H-pyrrole nitrogens is 1. The van der Waals surface area contributed by atoms with Crippen molar-refractivity contribution < 1.29 is 0 Å².